The fourth-order valence-corrected chi connectivity index (χ4v) is 10.9. The largest absolute Gasteiger partial charge is 0.508 e. The fourth-order valence-electron chi connectivity index (χ4n) is 10.9. The minimum Gasteiger partial charge on any atom is -0.508 e. The highest BCUT2D eigenvalue weighted by Gasteiger charge is 2.46. The van der Waals surface area contributed by atoms with Crippen molar-refractivity contribution in [3.8, 4) is 22.9 Å². The number of aryl methyl sites for hydroxylation is 1. The maximum absolute atomic E-state index is 15.4. The van der Waals surface area contributed by atoms with Crippen LogP contribution in [-0.2, 0) is 59.1 Å². The summed E-state index contributed by atoms with van der Waals surface area (Å²) in [5.41, 5.74) is 6.52. The van der Waals surface area contributed by atoms with E-state index in [0.717, 1.165) is 71.2 Å². The van der Waals surface area contributed by atoms with Crippen LogP contribution in [0, 0.1) is 18.7 Å². The van der Waals surface area contributed by atoms with Gasteiger partial charge in [0.25, 0.3) is 11.5 Å². The summed E-state index contributed by atoms with van der Waals surface area (Å²) in [5, 5.41) is 36.4. The highest BCUT2D eigenvalue weighted by molar-refractivity contribution is 5.98. The second-order valence-electron chi connectivity index (χ2n) is 18.7. The van der Waals surface area contributed by atoms with Crippen LogP contribution in [0.25, 0.3) is 22.3 Å². The smallest absolute Gasteiger partial charge is 0.343 e. The van der Waals surface area contributed by atoms with Crippen LogP contribution in [0.3, 0.4) is 0 Å². The number of benzene rings is 3. The van der Waals surface area contributed by atoms with Gasteiger partial charge < -0.3 is 34.8 Å². The van der Waals surface area contributed by atoms with E-state index in [1.54, 1.807) is 35.4 Å². The number of esters is 1. The van der Waals surface area contributed by atoms with Gasteiger partial charge in [0, 0.05) is 54.7 Å². The monoisotopic (exact) mass is 869 g/mol. The molecule has 6 heterocycles. The molecule has 1 saturated heterocycles. The minimum absolute atomic E-state index is 0.0121. The number of carbonyl (C=O) groups excluding carboxylic acids is 3. The van der Waals surface area contributed by atoms with Crippen LogP contribution >= 0.6 is 0 Å². The number of phenols is 2. The Morgan fingerprint density at radius 3 is 2.48 bits per heavy atom. The van der Waals surface area contributed by atoms with Gasteiger partial charge in [-0.2, -0.15) is 0 Å². The molecule has 5 aromatic rings. The molecule has 14 heteroatoms. The molecule has 1 aliphatic carbocycles. The van der Waals surface area contributed by atoms with Crippen molar-refractivity contribution in [1.82, 2.24) is 24.7 Å². The van der Waals surface area contributed by atoms with E-state index >= 15 is 4.39 Å². The first-order valence-electron chi connectivity index (χ1n) is 22.4. The Kier molecular flexibility index (Phi) is 10.2. The lowest BCUT2D eigenvalue weighted by molar-refractivity contribution is -0.172. The van der Waals surface area contributed by atoms with E-state index in [0.29, 0.717) is 60.4 Å². The SMILES string of the molecule is CC[C@@]1(O)C(=O)OCc2c1cc1n(c2=O)Cc2c-1nc1cc(F)c(C)c3c1c2[C@H](NC(=O)CC1CCN(Cc2ccc4c(c2)CN(C(=O)c2cc(C(C)C)c(O)cc2O)C4)CC1)CC3. The molecule has 0 spiro atoms. The van der Waals surface area contributed by atoms with Gasteiger partial charge in [-0.1, -0.05) is 39.0 Å². The molecule has 4 N–H and O–H groups in total. The molecule has 2 aromatic heterocycles. The lowest BCUT2D eigenvalue weighted by Gasteiger charge is -2.33. The molecule has 2 amide bonds. The van der Waals surface area contributed by atoms with Gasteiger partial charge in [-0.25, -0.2) is 14.2 Å². The molecule has 0 unspecified atom stereocenters. The van der Waals surface area contributed by atoms with Crippen molar-refractivity contribution in [2.24, 2.45) is 5.92 Å². The summed E-state index contributed by atoms with van der Waals surface area (Å²) < 4.78 is 22.3. The molecule has 332 valence electrons. The van der Waals surface area contributed by atoms with Crippen LogP contribution in [0.4, 0.5) is 4.39 Å². The van der Waals surface area contributed by atoms with Gasteiger partial charge in [0.1, 0.15) is 23.9 Å². The number of amides is 2. The standard InChI is InChI=1S/C50H52FN5O8/c1-5-50(63)36-17-40-46-34(23-56(40)48(61)35(36)24-64-49(50)62)45-38(9-8-31-26(4)37(51)18-39(53-46)44(31)45)52-43(59)15-27-10-12-54(13-11-27)20-28-6-7-29-21-55(22-30(29)14-28)47(60)33-16-32(25(2)3)41(57)19-42(33)58/h6-7,14,16-19,25,27,38,57-58,63H,5,8-13,15,20-24H2,1-4H3,(H,52,59)/t38-,50+/m1/s1. The first kappa shape index (κ1) is 41.9. The van der Waals surface area contributed by atoms with Gasteiger partial charge in [0.2, 0.25) is 5.91 Å². The number of hydrogen-bond donors (Lipinski definition) is 4. The summed E-state index contributed by atoms with van der Waals surface area (Å²) in [4.78, 5) is 63.3. The summed E-state index contributed by atoms with van der Waals surface area (Å²) in [7, 11) is 0. The van der Waals surface area contributed by atoms with Crippen molar-refractivity contribution in [2.45, 2.75) is 117 Å². The lowest BCUT2D eigenvalue weighted by atomic mass is 9.81. The number of phenolic OH excluding ortho intramolecular Hbond substituents is 2. The van der Waals surface area contributed by atoms with Gasteiger partial charge in [0.15, 0.2) is 5.60 Å². The molecule has 2 atom stereocenters. The topological polar surface area (TPSA) is 175 Å². The molecule has 1 fully saturated rings. The van der Waals surface area contributed by atoms with E-state index in [-0.39, 0.29) is 82.8 Å². The summed E-state index contributed by atoms with van der Waals surface area (Å²) >= 11 is 0. The number of aromatic hydroxyl groups is 2. The Balaban J connectivity index is 0.818. The molecular formula is C50H52FN5O8. The second kappa shape index (κ2) is 15.5. The number of piperidine rings is 1. The number of pyridine rings is 2. The number of halogens is 1. The van der Waals surface area contributed by atoms with Crippen LogP contribution in [-0.4, -0.2) is 65.5 Å². The summed E-state index contributed by atoms with van der Waals surface area (Å²) in [6, 6.07) is 11.9. The number of nitrogens with one attached hydrogen (secondary N) is 1. The van der Waals surface area contributed by atoms with Crippen LogP contribution in [0.5, 0.6) is 11.5 Å². The fraction of sp³-hybridized carbons (Fsp3) is 0.420. The maximum Gasteiger partial charge on any atom is 0.343 e. The first-order valence-corrected chi connectivity index (χ1v) is 22.4. The van der Waals surface area contributed by atoms with Crippen LogP contribution in [0.15, 0.2) is 47.3 Å². The zero-order chi connectivity index (χ0) is 44.9. The summed E-state index contributed by atoms with van der Waals surface area (Å²) in [6.45, 7) is 10.5. The molecular weight excluding hydrogens is 818 g/mol. The molecule has 64 heavy (non-hydrogen) atoms. The molecule has 0 bridgehead atoms. The average Bonchev–Trinajstić information content (AvgIpc) is 3.87. The average molecular weight is 870 g/mol. The first-order chi connectivity index (χ1) is 30.6. The van der Waals surface area contributed by atoms with Gasteiger partial charge >= 0.3 is 5.97 Å². The van der Waals surface area contributed by atoms with E-state index in [1.165, 1.54) is 12.1 Å². The van der Waals surface area contributed by atoms with Gasteiger partial charge in [0.05, 0.1) is 40.6 Å². The summed E-state index contributed by atoms with van der Waals surface area (Å²) in [6.07, 6.45) is 3.20. The number of aromatic nitrogens is 2. The number of carbonyl (C=O) groups is 3. The number of nitrogens with zero attached hydrogens (tertiary/aromatic N) is 4. The van der Waals surface area contributed by atoms with Crippen LogP contribution in [0.1, 0.15) is 131 Å². The Hall–Kier alpha value is -6.12. The summed E-state index contributed by atoms with van der Waals surface area (Å²) in [5.74, 6) is -1.59. The highest BCUT2D eigenvalue weighted by atomic mass is 19.1. The Labute approximate surface area is 369 Å². The quantitative estimate of drug-likeness (QED) is 0.122. The van der Waals surface area contributed by atoms with E-state index in [2.05, 4.69) is 28.4 Å². The zero-order valence-electron chi connectivity index (χ0n) is 36.5. The molecule has 4 aliphatic heterocycles. The molecule has 0 saturated carbocycles. The van der Waals surface area contributed by atoms with Crippen LogP contribution < -0.4 is 10.9 Å². The Bertz CT molecular complexity index is 2900. The minimum atomic E-state index is -1.98. The number of aliphatic hydroxyl groups is 1. The van der Waals surface area contributed by atoms with Crippen molar-refractivity contribution < 1.29 is 38.8 Å². The van der Waals surface area contributed by atoms with Gasteiger partial charge in [-0.15, -0.1) is 0 Å². The van der Waals surface area contributed by atoms with E-state index in [9.17, 15) is 34.5 Å². The van der Waals surface area contributed by atoms with Crippen molar-refractivity contribution in [3.63, 3.8) is 0 Å². The Morgan fingerprint density at radius 1 is 0.969 bits per heavy atom. The van der Waals surface area contributed by atoms with Crippen molar-refractivity contribution in [2.75, 3.05) is 13.1 Å². The highest BCUT2D eigenvalue weighted by Crippen LogP contribution is 2.46. The predicted octanol–water partition coefficient (Wildman–Crippen LogP) is 6.62. The zero-order valence-corrected chi connectivity index (χ0v) is 36.5. The van der Waals surface area contributed by atoms with Crippen LogP contribution in [0.2, 0.25) is 0 Å². The second-order valence-corrected chi connectivity index (χ2v) is 18.7. The van der Waals surface area contributed by atoms with E-state index in [4.69, 9.17) is 9.72 Å². The molecule has 5 aliphatic rings. The molecule has 13 nitrogen and oxygen atoms in total. The molecule has 3 aromatic carbocycles. The van der Waals surface area contributed by atoms with Crippen molar-refractivity contribution in [3.05, 3.63) is 120 Å². The third-order valence-electron chi connectivity index (χ3n) is 14.6. The maximum atomic E-state index is 15.4. The van der Waals surface area contributed by atoms with E-state index in [1.807, 2.05) is 13.8 Å². The van der Waals surface area contributed by atoms with Gasteiger partial charge in [-0.05, 0) is 115 Å². The van der Waals surface area contributed by atoms with Gasteiger partial charge in [-0.3, -0.25) is 19.3 Å². The van der Waals surface area contributed by atoms with E-state index < -0.39 is 17.6 Å². The van der Waals surface area contributed by atoms with Crippen molar-refractivity contribution in [1.29, 1.82) is 0 Å². The van der Waals surface area contributed by atoms with Crippen molar-refractivity contribution >= 4 is 28.7 Å². The number of fused-ring (bicyclic) bond motifs is 6. The number of cyclic esters (lactones) is 1. The molecule has 0 radical (unpaired) electrons. The number of ether oxygens (including phenoxy) is 1. The number of likely N-dealkylation sites (tertiary alicyclic amines) is 1. The Morgan fingerprint density at radius 2 is 1.73 bits per heavy atom. The normalized spacial score (nSPS) is 20.3. The third kappa shape index (κ3) is 6.75. The third-order valence-corrected chi connectivity index (χ3v) is 14.6. The number of hydrogen-bond acceptors (Lipinski definition) is 10. The predicted molar refractivity (Wildman–Crippen MR) is 235 cm³/mol. The molecule has 10 rings (SSSR count). The number of rotatable bonds is 8. The lowest BCUT2D eigenvalue weighted by Crippen LogP contribution is -2.44.